The summed E-state index contributed by atoms with van der Waals surface area (Å²) in [4.78, 5) is 35.6. The number of aromatic nitrogens is 1. The van der Waals surface area contributed by atoms with Gasteiger partial charge in [0.15, 0.2) is 0 Å². The number of thioether (sulfide) groups is 1. The summed E-state index contributed by atoms with van der Waals surface area (Å²) >= 11 is 1.17. The Morgan fingerprint density at radius 2 is 2.18 bits per heavy atom. The van der Waals surface area contributed by atoms with Crippen LogP contribution in [-0.2, 0) is 9.59 Å². The maximum atomic E-state index is 11.4. The van der Waals surface area contributed by atoms with Crippen molar-refractivity contribution in [3.8, 4) is 0 Å². The average molecular weight is 256 g/mol. The minimum absolute atomic E-state index is 0.00250. The zero-order chi connectivity index (χ0) is 12.7. The number of H-pyrrole nitrogens is 1. The molecule has 0 aromatic carbocycles. The fraction of sp³-hybridized carbons (Fsp3) is 0.300. The second-order valence-electron chi connectivity index (χ2n) is 3.16. The molecule has 0 saturated heterocycles. The Labute approximate surface area is 102 Å². The van der Waals surface area contributed by atoms with Crippen molar-refractivity contribution < 1.29 is 19.5 Å². The predicted octanol–water partition coefficient (Wildman–Crippen LogP) is 0.479. The van der Waals surface area contributed by atoms with Gasteiger partial charge in [-0.1, -0.05) is 0 Å². The van der Waals surface area contributed by atoms with Crippen LogP contribution in [0, 0.1) is 0 Å². The first kappa shape index (κ1) is 13.3. The van der Waals surface area contributed by atoms with Gasteiger partial charge in [0, 0.05) is 11.9 Å². The Morgan fingerprint density at radius 3 is 2.76 bits per heavy atom. The monoisotopic (exact) mass is 256 g/mol. The summed E-state index contributed by atoms with van der Waals surface area (Å²) < 4.78 is 0. The van der Waals surface area contributed by atoms with Gasteiger partial charge in [0.25, 0.3) is 5.91 Å². The molecule has 3 N–H and O–H groups in total. The van der Waals surface area contributed by atoms with Gasteiger partial charge in [-0.3, -0.25) is 19.7 Å². The standard InChI is InChI=1S/C10H12N2O4S/c13-8(6-17-5-3-9(14)15)12-10(16)7-2-1-4-11-7/h1-2,4,11H,3,5-6H2,(H,14,15)(H,12,13,16). The molecule has 2 amide bonds. The second kappa shape index (κ2) is 6.74. The van der Waals surface area contributed by atoms with Gasteiger partial charge in [0.2, 0.25) is 5.91 Å². The van der Waals surface area contributed by atoms with E-state index in [9.17, 15) is 14.4 Å². The van der Waals surface area contributed by atoms with E-state index in [1.165, 1.54) is 11.8 Å². The van der Waals surface area contributed by atoms with E-state index in [0.717, 1.165) is 0 Å². The normalized spacial score (nSPS) is 9.88. The van der Waals surface area contributed by atoms with Crippen LogP contribution in [0.3, 0.4) is 0 Å². The molecule has 0 radical (unpaired) electrons. The number of aromatic amines is 1. The van der Waals surface area contributed by atoms with E-state index in [1.807, 2.05) is 0 Å². The first-order valence-electron chi connectivity index (χ1n) is 4.86. The third-order valence-electron chi connectivity index (χ3n) is 1.79. The van der Waals surface area contributed by atoms with Crippen LogP contribution in [0.4, 0.5) is 0 Å². The zero-order valence-corrected chi connectivity index (χ0v) is 9.75. The maximum Gasteiger partial charge on any atom is 0.304 e. The summed E-state index contributed by atoms with van der Waals surface area (Å²) in [5.41, 5.74) is 0.314. The highest BCUT2D eigenvalue weighted by atomic mass is 32.2. The summed E-state index contributed by atoms with van der Waals surface area (Å²) in [6.45, 7) is 0. The van der Waals surface area contributed by atoms with Gasteiger partial charge in [-0.25, -0.2) is 0 Å². The van der Waals surface area contributed by atoms with Crippen molar-refractivity contribution >= 4 is 29.5 Å². The molecule has 1 aromatic rings. The number of hydrogen-bond donors (Lipinski definition) is 3. The molecule has 7 heteroatoms. The lowest BCUT2D eigenvalue weighted by atomic mass is 10.4. The van der Waals surface area contributed by atoms with Crippen LogP contribution in [0.2, 0.25) is 0 Å². The molecular weight excluding hydrogens is 244 g/mol. The van der Waals surface area contributed by atoms with Gasteiger partial charge in [0.05, 0.1) is 12.2 Å². The largest absolute Gasteiger partial charge is 0.481 e. The number of carboxylic acid groups (broad SMARTS) is 1. The van der Waals surface area contributed by atoms with Crippen LogP contribution in [0.15, 0.2) is 18.3 Å². The van der Waals surface area contributed by atoms with Crippen molar-refractivity contribution in [3.05, 3.63) is 24.0 Å². The minimum atomic E-state index is -0.902. The molecule has 0 aliphatic rings. The average Bonchev–Trinajstić information content (AvgIpc) is 2.77. The van der Waals surface area contributed by atoms with E-state index in [4.69, 9.17) is 5.11 Å². The molecule has 0 aliphatic heterocycles. The Balaban J connectivity index is 2.21. The number of hydrogen-bond acceptors (Lipinski definition) is 4. The van der Waals surface area contributed by atoms with Crippen molar-refractivity contribution in [1.82, 2.24) is 10.3 Å². The molecule has 6 nitrogen and oxygen atoms in total. The number of nitrogens with one attached hydrogen (secondary N) is 2. The molecule has 1 heterocycles. The molecule has 0 bridgehead atoms. The summed E-state index contributed by atoms with van der Waals surface area (Å²) in [5.74, 6) is -1.40. The molecule has 0 aliphatic carbocycles. The van der Waals surface area contributed by atoms with E-state index < -0.39 is 17.8 Å². The van der Waals surface area contributed by atoms with Crippen molar-refractivity contribution in [2.24, 2.45) is 0 Å². The van der Waals surface area contributed by atoms with Crippen LogP contribution < -0.4 is 5.32 Å². The van der Waals surface area contributed by atoms with Gasteiger partial charge >= 0.3 is 5.97 Å². The quantitative estimate of drug-likeness (QED) is 0.643. The fourth-order valence-electron chi connectivity index (χ4n) is 1.03. The van der Waals surface area contributed by atoms with Crippen molar-refractivity contribution in [2.75, 3.05) is 11.5 Å². The molecule has 0 unspecified atom stereocenters. The van der Waals surface area contributed by atoms with E-state index >= 15 is 0 Å². The van der Waals surface area contributed by atoms with E-state index in [2.05, 4.69) is 10.3 Å². The SMILES string of the molecule is O=C(O)CCSCC(=O)NC(=O)c1ccc[nH]1. The lowest BCUT2D eigenvalue weighted by Gasteiger charge is -2.01. The molecule has 0 fully saturated rings. The lowest BCUT2D eigenvalue weighted by Crippen LogP contribution is -2.32. The highest BCUT2D eigenvalue weighted by Gasteiger charge is 2.10. The topological polar surface area (TPSA) is 99.3 Å². The minimum Gasteiger partial charge on any atom is -0.481 e. The van der Waals surface area contributed by atoms with Crippen molar-refractivity contribution in [2.45, 2.75) is 6.42 Å². The van der Waals surface area contributed by atoms with Gasteiger partial charge in [0.1, 0.15) is 5.69 Å². The van der Waals surface area contributed by atoms with Crippen LogP contribution in [0.1, 0.15) is 16.9 Å². The molecule has 1 rings (SSSR count). The lowest BCUT2D eigenvalue weighted by molar-refractivity contribution is -0.136. The summed E-state index contributed by atoms with van der Waals surface area (Å²) in [7, 11) is 0. The van der Waals surface area contributed by atoms with Crippen molar-refractivity contribution in [3.63, 3.8) is 0 Å². The maximum absolute atomic E-state index is 11.4. The predicted molar refractivity (Wildman–Crippen MR) is 62.8 cm³/mol. The Morgan fingerprint density at radius 1 is 1.41 bits per heavy atom. The summed E-state index contributed by atoms with van der Waals surface area (Å²) in [6, 6.07) is 3.21. The molecule has 17 heavy (non-hydrogen) atoms. The summed E-state index contributed by atoms with van der Waals surface area (Å²) in [6.07, 6.45) is 1.59. The fourth-order valence-corrected chi connectivity index (χ4v) is 1.75. The third-order valence-corrected chi connectivity index (χ3v) is 2.75. The Kier molecular flexibility index (Phi) is 5.28. The Bertz CT molecular complexity index is 402. The van der Waals surface area contributed by atoms with E-state index in [-0.39, 0.29) is 12.2 Å². The second-order valence-corrected chi connectivity index (χ2v) is 4.26. The number of imide groups is 1. The van der Waals surface area contributed by atoms with Gasteiger partial charge in [-0.2, -0.15) is 11.8 Å². The third kappa shape index (κ3) is 5.21. The van der Waals surface area contributed by atoms with Crippen LogP contribution in [0.25, 0.3) is 0 Å². The smallest absolute Gasteiger partial charge is 0.304 e. The van der Waals surface area contributed by atoms with Crippen LogP contribution in [0.5, 0.6) is 0 Å². The molecule has 0 saturated carbocycles. The number of aliphatic carboxylic acids is 1. The van der Waals surface area contributed by atoms with Crippen LogP contribution >= 0.6 is 11.8 Å². The molecule has 0 spiro atoms. The molecule has 92 valence electrons. The van der Waals surface area contributed by atoms with Gasteiger partial charge in [-0.15, -0.1) is 0 Å². The van der Waals surface area contributed by atoms with Gasteiger partial charge < -0.3 is 10.1 Å². The van der Waals surface area contributed by atoms with Crippen molar-refractivity contribution in [1.29, 1.82) is 0 Å². The number of carboxylic acids is 1. The Hall–Kier alpha value is -1.76. The first-order chi connectivity index (χ1) is 8.09. The number of carbonyl (C=O) groups excluding carboxylic acids is 2. The van der Waals surface area contributed by atoms with Crippen LogP contribution in [-0.4, -0.2) is 39.4 Å². The highest BCUT2D eigenvalue weighted by Crippen LogP contribution is 2.02. The van der Waals surface area contributed by atoms with E-state index in [1.54, 1.807) is 18.3 Å². The number of carbonyl (C=O) groups is 3. The zero-order valence-electron chi connectivity index (χ0n) is 8.93. The molecular formula is C10H12N2O4S. The molecule has 1 aromatic heterocycles. The van der Waals surface area contributed by atoms with Gasteiger partial charge in [-0.05, 0) is 12.1 Å². The first-order valence-corrected chi connectivity index (χ1v) is 6.02. The summed E-state index contributed by atoms with van der Waals surface area (Å²) in [5, 5.41) is 10.6. The number of amides is 2. The van der Waals surface area contributed by atoms with E-state index in [0.29, 0.717) is 11.4 Å². The molecule has 0 atom stereocenters. The highest BCUT2D eigenvalue weighted by molar-refractivity contribution is 7.99. The number of rotatable bonds is 6.